The van der Waals surface area contributed by atoms with Gasteiger partial charge in [0.15, 0.2) is 0 Å². The zero-order chi connectivity index (χ0) is 23.7. The Balaban J connectivity index is 1.51. The van der Waals surface area contributed by atoms with E-state index < -0.39 is 6.10 Å². The van der Waals surface area contributed by atoms with Crippen LogP contribution in [0.2, 0.25) is 0 Å². The first-order valence-electron chi connectivity index (χ1n) is 11.3. The Kier molecular flexibility index (Phi) is 6.40. The van der Waals surface area contributed by atoms with Crippen molar-refractivity contribution in [2.24, 2.45) is 5.92 Å². The van der Waals surface area contributed by atoms with Crippen molar-refractivity contribution in [1.82, 2.24) is 15.0 Å². The molecule has 7 nitrogen and oxygen atoms in total. The van der Waals surface area contributed by atoms with Crippen molar-refractivity contribution >= 4 is 33.3 Å². The monoisotopic (exact) mass is 479 g/mol. The molecule has 2 heterocycles. The van der Waals surface area contributed by atoms with Gasteiger partial charge in [-0.3, -0.25) is 0 Å². The van der Waals surface area contributed by atoms with Gasteiger partial charge >= 0.3 is 0 Å². The van der Waals surface area contributed by atoms with E-state index in [1.54, 1.807) is 29.5 Å². The van der Waals surface area contributed by atoms with Gasteiger partial charge in [0.25, 0.3) is 0 Å². The lowest BCUT2D eigenvalue weighted by molar-refractivity contribution is 0.157. The lowest BCUT2D eigenvalue weighted by Crippen LogP contribution is -2.29. The third-order valence-electron chi connectivity index (χ3n) is 6.20. The van der Waals surface area contributed by atoms with Crippen LogP contribution in [0, 0.1) is 18.7 Å². The molecule has 176 valence electrons. The number of halogens is 1. The number of aliphatic hydroxyl groups is 2. The third kappa shape index (κ3) is 4.59. The van der Waals surface area contributed by atoms with Crippen molar-refractivity contribution < 1.29 is 14.6 Å². The Labute approximate surface area is 200 Å². The van der Waals surface area contributed by atoms with Crippen LogP contribution in [0.5, 0.6) is 0 Å². The van der Waals surface area contributed by atoms with Gasteiger partial charge in [-0.05, 0) is 43.9 Å². The maximum absolute atomic E-state index is 14.1. The minimum absolute atomic E-state index is 0.0399. The highest BCUT2D eigenvalue weighted by Gasteiger charge is 2.33. The van der Waals surface area contributed by atoms with E-state index in [0.717, 1.165) is 26.5 Å². The van der Waals surface area contributed by atoms with Crippen LogP contribution in [0.3, 0.4) is 0 Å². The predicted octanol–water partition coefficient (Wildman–Crippen LogP) is 4.36. The second kappa shape index (κ2) is 9.61. The number of aryl methyl sites for hydroxylation is 1. The van der Waals surface area contributed by atoms with Crippen molar-refractivity contribution in [3.63, 3.8) is 0 Å². The van der Waals surface area contributed by atoms with Crippen LogP contribution >= 0.6 is 11.3 Å². The number of benzene rings is 2. The highest BCUT2D eigenvalue weighted by atomic mass is 32.1. The number of nitrogens with one attached hydrogen (secondary N) is 2. The average molecular weight is 480 g/mol. The van der Waals surface area contributed by atoms with Crippen LogP contribution < -0.4 is 10.6 Å². The molecule has 2 aromatic heterocycles. The topological polar surface area (TPSA) is 103 Å². The number of thiazole rings is 1. The molecule has 3 atom stereocenters. The number of nitrogens with zero attached hydrogens (tertiary/aromatic N) is 3. The number of hydrogen-bond acceptors (Lipinski definition) is 8. The number of fused-ring (bicyclic) bond motifs is 1. The van der Waals surface area contributed by atoms with E-state index in [2.05, 4.69) is 15.6 Å². The van der Waals surface area contributed by atoms with Gasteiger partial charge < -0.3 is 20.8 Å². The average Bonchev–Trinajstić information content (AvgIpc) is 3.41. The first-order valence-corrected chi connectivity index (χ1v) is 12.1. The minimum atomic E-state index is -0.592. The number of hydrogen-bond donors (Lipinski definition) is 4. The molecular formula is C25H26FN5O2S. The van der Waals surface area contributed by atoms with Crippen LogP contribution in [0.25, 0.3) is 20.8 Å². The molecule has 34 heavy (non-hydrogen) atoms. The van der Waals surface area contributed by atoms with Crippen molar-refractivity contribution in [2.45, 2.75) is 38.5 Å². The Morgan fingerprint density at radius 1 is 1.06 bits per heavy atom. The lowest BCUT2D eigenvalue weighted by atomic mass is 10.1. The van der Waals surface area contributed by atoms with Crippen molar-refractivity contribution in [2.75, 3.05) is 17.2 Å². The van der Waals surface area contributed by atoms with Gasteiger partial charge in [0.2, 0.25) is 5.95 Å². The lowest BCUT2D eigenvalue weighted by Gasteiger charge is -2.20. The van der Waals surface area contributed by atoms with Crippen LogP contribution in [0.1, 0.15) is 24.1 Å². The van der Waals surface area contributed by atoms with Gasteiger partial charge in [0.05, 0.1) is 33.6 Å². The standard InChI is InChI=1S/C25H26FN5O2S/c1-14-22(24-30-18-8-4-5-9-21(18)34-24)23(29-19-10-15(13-32)11-20(19)33)31-25(28-14)27-12-16-6-2-3-7-17(16)26/h2-9,15,19-20,32-33H,10-13H2,1H3,(H2,27,28,29,31)/t15-,19+,20+/m0/s1. The second-order valence-corrected chi connectivity index (χ2v) is 9.66. The molecule has 2 aromatic carbocycles. The molecule has 0 amide bonds. The molecule has 4 N–H and O–H groups in total. The van der Waals surface area contributed by atoms with E-state index in [-0.39, 0.29) is 30.9 Å². The molecule has 0 spiro atoms. The molecule has 0 radical (unpaired) electrons. The number of aromatic nitrogens is 3. The van der Waals surface area contributed by atoms with E-state index in [9.17, 15) is 14.6 Å². The summed E-state index contributed by atoms with van der Waals surface area (Å²) >= 11 is 1.56. The molecule has 0 saturated heterocycles. The molecule has 5 rings (SSSR count). The molecule has 0 aliphatic heterocycles. The number of rotatable bonds is 7. The second-order valence-electron chi connectivity index (χ2n) is 8.63. The molecular weight excluding hydrogens is 453 g/mol. The summed E-state index contributed by atoms with van der Waals surface area (Å²) in [5.74, 6) is 0.671. The first kappa shape index (κ1) is 22.6. The molecule has 0 bridgehead atoms. The number of aliphatic hydroxyl groups excluding tert-OH is 2. The quantitative estimate of drug-likeness (QED) is 0.312. The maximum atomic E-state index is 14.1. The Bertz CT molecular complexity index is 1280. The van der Waals surface area contributed by atoms with Crippen LogP contribution in [0.15, 0.2) is 48.5 Å². The fraction of sp³-hybridized carbons (Fsp3) is 0.320. The van der Waals surface area contributed by atoms with Crippen molar-refractivity contribution in [3.8, 4) is 10.6 Å². The van der Waals surface area contributed by atoms with Gasteiger partial charge in [0.1, 0.15) is 16.6 Å². The van der Waals surface area contributed by atoms with Crippen LogP contribution in [-0.2, 0) is 6.54 Å². The molecule has 9 heteroatoms. The van der Waals surface area contributed by atoms with Gasteiger partial charge in [-0.1, -0.05) is 30.3 Å². The van der Waals surface area contributed by atoms with E-state index in [0.29, 0.717) is 30.2 Å². The van der Waals surface area contributed by atoms with Crippen molar-refractivity contribution in [1.29, 1.82) is 0 Å². The predicted molar refractivity (Wildman–Crippen MR) is 132 cm³/mol. The Hall–Kier alpha value is -3.14. The third-order valence-corrected chi connectivity index (χ3v) is 7.25. The van der Waals surface area contributed by atoms with Gasteiger partial charge in [-0.15, -0.1) is 11.3 Å². The largest absolute Gasteiger partial charge is 0.396 e. The van der Waals surface area contributed by atoms with E-state index in [4.69, 9.17) is 9.97 Å². The maximum Gasteiger partial charge on any atom is 0.225 e. The van der Waals surface area contributed by atoms with E-state index in [1.807, 2.05) is 31.2 Å². The summed E-state index contributed by atoms with van der Waals surface area (Å²) in [6, 6.07) is 14.3. The summed E-state index contributed by atoms with van der Waals surface area (Å²) in [7, 11) is 0. The smallest absolute Gasteiger partial charge is 0.225 e. The summed E-state index contributed by atoms with van der Waals surface area (Å²) < 4.78 is 15.1. The zero-order valence-electron chi connectivity index (χ0n) is 18.7. The number of anilines is 2. The molecule has 4 aromatic rings. The van der Waals surface area contributed by atoms with Crippen molar-refractivity contribution in [3.05, 3.63) is 65.6 Å². The highest BCUT2D eigenvalue weighted by Crippen LogP contribution is 2.38. The Morgan fingerprint density at radius 3 is 2.62 bits per heavy atom. The van der Waals surface area contributed by atoms with Crippen LogP contribution in [-0.4, -0.2) is 43.9 Å². The highest BCUT2D eigenvalue weighted by molar-refractivity contribution is 7.21. The fourth-order valence-corrected chi connectivity index (χ4v) is 5.47. The molecule has 1 fully saturated rings. The van der Waals surface area contributed by atoms with E-state index in [1.165, 1.54) is 6.07 Å². The summed E-state index contributed by atoms with van der Waals surface area (Å²) in [6.07, 6.45) is 0.580. The zero-order valence-corrected chi connectivity index (χ0v) is 19.5. The minimum Gasteiger partial charge on any atom is -0.396 e. The SMILES string of the molecule is Cc1nc(NCc2ccccc2F)nc(N[C@@H]2C[C@H](CO)C[C@H]2O)c1-c1nc2ccccc2s1. The summed E-state index contributed by atoms with van der Waals surface area (Å²) in [4.78, 5) is 14.1. The summed E-state index contributed by atoms with van der Waals surface area (Å²) in [5, 5.41) is 27.4. The van der Waals surface area contributed by atoms with Gasteiger partial charge in [-0.2, -0.15) is 4.98 Å². The van der Waals surface area contributed by atoms with Crippen LogP contribution in [0.4, 0.5) is 16.2 Å². The van der Waals surface area contributed by atoms with E-state index >= 15 is 0 Å². The normalized spacial score (nSPS) is 20.1. The molecule has 1 aliphatic carbocycles. The summed E-state index contributed by atoms with van der Waals surface area (Å²) in [5.41, 5.74) is 2.91. The summed E-state index contributed by atoms with van der Waals surface area (Å²) in [6.45, 7) is 2.17. The fourth-order valence-electron chi connectivity index (χ4n) is 4.41. The molecule has 0 unspecified atom stereocenters. The molecule has 1 saturated carbocycles. The Morgan fingerprint density at radius 2 is 1.85 bits per heavy atom. The van der Waals surface area contributed by atoms with Gasteiger partial charge in [0, 0.05) is 18.7 Å². The first-order chi connectivity index (χ1) is 16.5. The van der Waals surface area contributed by atoms with Gasteiger partial charge in [-0.25, -0.2) is 14.4 Å². The number of para-hydroxylation sites is 1. The molecule has 1 aliphatic rings.